The Kier molecular flexibility index (Phi) is 2.50. The molecule has 0 aliphatic carbocycles. The van der Waals surface area contributed by atoms with Gasteiger partial charge in [0.2, 0.25) is 0 Å². The van der Waals surface area contributed by atoms with E-state index in [9.17, 15) is 4.79 Å². The SMILES string of the molecule is O=C(O)C1CN1CCc1ccccc1. The maximum Gasteiger partial charge on any atom is 0.322 e. The molecule has 1 saturated heterocycles. The van der Waals surface area contributed by atoms with Gasteiger partial charge in [-0.25, -0.2) is 0 Å². The summed E-state index contributed by atoms with van der Waals surface area (Å²) >= 11 is 0. The molecule has 0 bridgehead atoms. The molecule has 2 atom stereocenters. The Morgan fingerprint density at radius 3 is 2.71 bits per heavy atom. The van der Waals surface area contributed by atoms with Gasteiger partial charge in [-0.2, -0.15) is 0 Å². The zero-order valence-electron chi connectivity index (χ0n) is 7.89. The van der Waals surface area contributed by atoms with Crippen LogP contribution in [0.1, 0.15) is 5.56 Å². The summed E-state index contributed by atoms with van der Waals surface area (Å²) in [5.74, 6) is -0.696. The highest BCUT2D eigenvalue weighted by Crippen LogP contribution is 2.17. The molecule has 1 N–H and O–H groups in total. The Morgan fingerprint density at radius 1 is 1.43 bits per heavy atom. The Hall–Kier alpha value is -1.35. The fraction of sp³-hybridized carbons (Fsp3) is 0.364. The molecule has 0 aromatic heterocycles. The number of aliphatic carboxylic acids is 1. The van der Waals surface area contributed by atoms with E-state index >= 15 is 0 Å². The molecule has 1 aliphatic heterocycles. The van der Waals surface area contributed by atoms with Crippen LogP contribution in [0.15, 0.2) is 30.3 Å². The van der Waals surface area contributed by atoms with Gasteiger partial charge in [0.05, 0.1) is 0 Å². The lowest BCUT2D eigenvalue weighted by Gasteiger charge is -2.01. The van der Waals surface area contributed by atoms with E-state index in [2.05, 4.69) is 12.1 Å². The number of hydrogen-bond acceptors (Lipinski definition) is 2. The molecule has 1 aliphatic rings. The van der Waals surface area contributed by atoms with Crippen LogP contribution >= 0.6 is 0 Å². The van der Waals surface area contributed by atoms with Gasteiger partial charge in [-0.3, -0.25) is 9.69 Å². The standard InChI is InChI=1S/C11H13NO2/c13-11(14)10-8-12(10)7-6-9-4-2-1-3-5-9/h1-5,10H,6-8H2,(H,13,14). The van der Waals surface area contributed by atoms with Crippen molar-refractivity contribution in [2.75, 3.05) is 13.1 Å². The summed E-state index contributed by atoms with van der Waals surface area (Å²) in [7, 11) is 0. The molecule has 0 amide bonds. The van der Waals surface area contributed by atoms with Gasteiger partial charge in [-0.15, -0.1) is 0 Å². The van der Waals surface area contributed by atoms with Crippen molar-refractivity contribution in [2.24, 2.45) is 0 Å². The minimum Gasteiger partial charge on any atom is -0.480 e. The van der Waals surface area contributed by atoms with Crippen LogP contribution in [0.5, 0.6) is 0 Å². The average molecular weight is 191 g/mol. The minimum atomic E-state index is -0.696. The second-order valence-corrected chi connectivity index (χ2v) is 3.58. The van der Waals surface area contributed by atoms with E-state index < -0.39 is 5.97 Å². The Morgan fingerprint density at radius 2 is 2.14 bits per heavy atom. The first-order valence-corrected chi connectivity index (χ1v) is 4.78. The zero-order valence-corrected chi connectivity index (χ0v) is 7.89. The largest absolute Gasteiger partial charge is 0.480 e. The Bertz CT molecular complexity index is 323. The van der Waals surface area contributed by atoms with E-state index in [1.54, 1.807) is 0 Å². The molecule has 0 radical (unpaired) electrons. The highest BCUT2D eigenvalue weighted by Gasteiger charge is 2.39. The van der Waals surface area contributed by atoms with Crippen molar-refractivity contribution < 1.29 is 9.90 Å². The predicted octanol–water partition coefficient (Wildman–Crippen LogP) is 0.998. The zero-order chi connectivity index (χ0) is 9.97. The molecule has 0 saturated carbocycles. The maximum atomic E-state index is 10.5. The van der Waals surface area contributed by atoms with Gasteiger partial charge in [0.1, 0.15) is 6.04 Å². The number of carbonyl (C=O) groups is 1. The van der Waals surface area contributed by atoms with Crippen LogP contribution in [0, 0.1) is 0 Å². The van der Waals surface area contributed by atoms with Gasteiger partial charge in [0, 0.05) is 13.1 Å². The van der Waals surface area contributed by atoms with Crippen molar-refractivity contribution >= 4 is 5.97 Å². The van der Waals surface area contributed by atoms with Crippen molar-refractivity contribution in [1.29, 1.82) is 0 Å². The van der Waals surface area contributed by atoms with Gasteiger partial charge < -0.3 is 5.11 Å². The molecule has 74 valence electrons. The van der Waals surface area contributed by atoms with Crippen LogP contribution in [0.25, 0.3) is 0 Å². The number of hydrogen-bond donors (Lipinski definition) is 1. The molecule has 1 fully saturated rings. The molecule has 1 heterocycles. The molecule has 1 aromatic rings. The molecule has 3 heteroatoms. The summed E-state index contributed by atoms with van der Waals surface area (Å²) < 4.78 is 0. The first-order valence-electron chi connectivity index (χ1n) is 4.78. The second kappa shape index (κ2) is 3.80. The molecule has 14 heavy (non-hydrogen) atoms. The Balaban J connectivity index is 1.77. The maximum absolute atomic E-state index is 10.5. The lowest BCUT2D eigenvalue weighted by atomic mass is 10.1. The van der Waals surface area contributed by atoms with Gasteiger partial charge >= 0.3 is 5.97 Å². The molecule has 3 nitrogen and oxygen atoms in total. The quantitative estimate of drug-likeness (QED) is 0.722. The number of carboxylic acids is 1. The summed E-state index contributed by atoms with van der Waals surface area (Å²) in [6, 6.07) is 9.91. The smallest absolute Gasteiger partial charge is 0.322 e. The fourth-order valence-corrected chi connectivity index (χ4v) is 1.57. The average Bonchev–Trinajstić information content (AvgIpc) is 2.96. The van der Waals surface area contributed by atoms with E-state index in [0.29, 0.717) is 6.54 Å². The Labute approximate surface area is 83.0 Å². The van der Waals surface area contributed by atoms with Gasteiger partial charge in [-0.1, -0.05) is 30.3 Å². The van der Waals surface area contributed by atoms with Crippen molar-refractivity contribution in [2.45, 2.75) is 12.5 Å². The monoisotopic (exact) mass is 191 g/mol. The van der Waals surface area contributed by atoms with Crippen molar-refractivity contribution in [3.05, 3.63) is 35.9 Å². The summed E-state index contributed by atoms with van der Waals surface area (Å²) in [5.41, 5.74) is 1.27. The number of rotatable bonds is 4. The first kappa shape index (κ1) is 9.21. The van der Waals surface area contributed by atoms with E-state index in [1.165, 1.54) is 5.56 Å². The normalized spacial score (nSPS) is 24.6. The van der Waals surface area contributed by atoms with Crippen molar-refractivity contribution in [3.8, 4) is 0 Å². The third kappa shape index (κ3) is 2.12. The number of carboxylic acid groups (broad SMARTS) is 1. The molecule has 2 rings (SSSR count). The predicted molar refractivity (Wildman–Crippen MR) is 53.1 cm³/mol. The highest BCUT2D eigenvalue weighted by molar-refractivity contribution is 5.76. The van der Waals surface area contributed by atoms with E-state index in [-0.39, 0.29) is 6.04 Å². The molecule has 2 unspecified atom stereocenters. The highest BCUT2D eigenvalue weighted by atomic mass is 16.4. The summed E-state index contributed by atoms with van der Waals surface area (Å²) in [4.78, 5) is 12.5. The van der Waals surface area contributed by atoms with Crippen LogP contribution in [0.2, 0.25) is 0 Å². The van der Waals surface area contributed by atoms with Gasteiger partial charge in [0.15, 0.2) is 0 Å². The van der Waals surface area contributed by atoms with Gasteiger partial charge in [0.25, 0.3) is 0 Å². The lowest BCUT2D eigenvalue weighted by molar-refractivity contribution is -0.137. The molecular formula is C11H13NO2. The lowest BCUT2D eigenvalue weighted by Crippen LogP contribution is -2.13. The van der Waals surface area contributed by atoms with Crippen LogP contribution < -0.4 is 0 Å². The van der Waals surface area contributed by atoms with Gasteiger partial charge in [-0.05, 0) is 12.0 Å². The van der Waals surface area contributed by atoms with Crippen LogP contribution in [0.4, 0.5) is 0 Å². The van der Waals surface area contributed by atoms with Crippen LogP contribution in [-0.4, -0.2) is 35.1 Å². The minimum absolute atomic E-state index is 0.223. The van der Waals surface area contributed by atoms with Crippen LogP contribution in [-0.2, 0) is 11.2 Å². The van der Waals surface area contributed by atoms with E-state index in [4.69, 9.17) is 5.11 Å². The van der Waals surface area contributed by atoms with E-state index in [1.807, 2.05) is 23.1 Å². The third-order valence-electron chi connectivity index (χ3n) is 2.53. The third-order valence-corrected chi connectivity index (χ3v) is 2.53. The van der Waals surface area contributed by atoms with Crippen molar-refractivity contribution in [3.63, 3.8) is 0 Å². The number of benzene rings is 1. The summed E-state index contributed by atoms with van der Waals surface area (Å²) in [6.07, 6.45) is 0.935. The molecular weight excluding hydrogens is 178 g/mol. The van der Waals surface area contributed by atoms with E-state index in [0.717, 1.165) is 13.0 Å². The van der Waals surface area contributed by atoms with Crippen molar-refractivity contribution in [1.82, 2.24) is 4.90 Å². The molecule has 0 spiro atoms. The van der Waals surface area contributed by atoms with Crippen LogP contribution in [0.3, 0.4) is 0 Å². The summed E-state index contributed by atoms with van der Waals surface area (Å²) in [6.45, 7) is 1.56. The topological polar surface area (TPSA) is 40.3 Å². The molecule has 1 aromatic carbocycles. The fourth-order valence-electron chi connectivity index (χ4n) is 1.57. The summed E-state index contributed by atoms with van der Waals surface area (Å²) in [5, 5.41) is 8.68. The number of nitrogens with zero attached hydrogens (tertiary/aromatic N) is 1. The first-order chi connectivity index (χ1) is 6.77. The second-order valence-electron chi connectivity index (χ2n) is 3.58.